The van der Waals surface area contributed by atoms with Gasteiger partial charge in [0.25, 0.3) is 0 Å². The zero-order chi connectivity index (χ0) is 15.5. The predicted molar refractivity (Wildman–Crippen MR) is 106 cm³/mol. The average Bonchev–Trinajstić information content (AvgIpc) is 3.35. The molecular formula is C19H12S4. The molecule has 0 amide bonds. The maximum atomic E-state index is 3.73. The van der Waals surface area contributed by atoms with Gasteiger partial charge in [0, 0.05) is 25.8 Å². The summed E-state index contributed by atoms with van der Waals surface area (Å²) in [5.74, 6) is 0. The van der Waals surface area contributed by atoms with Crippen molar-refractivity contribution >= 4 is 56.5 Å². The lowest BCUT2D eigenvalue weighted by atomic mass is 10.1. The van der Waals surface area contributed by atoms with Gasteiger partial charge in [0.05, 0.1) is 5.57 Å². The van der Waals surface area contributed by atoms with Gasteiger partial charge >= 0.3 is 0 Å². The maximum Gasteiger partial charge on any atom is 0.0516 e. The minimum absolute atomic E-state index is 1.18. The topological polar surface area (TPSA) is 0 Å². The Hall–Kier alpha value is -1.68. The normalized spacial score (nSPS) is 10.4. The van der Waals surface area contributed by atoms with E-state index in [1.807, 2.05) is 0 Å². The summed E-state index contributed by atoms with van der Waals surface area (Å²) in [6, 6.07) is 15.0. The molecule has 4 aromatic rings. The van der Waals surface area contributed by atoms with E-state index in [1.165, 1.54) is 31.3 Å². The van der Waals surface area contributed by atoms with Crippen molar-refractivity contribution in [3.8, 4) is 0 Å². The molecule has 0 aliphatic rings. The zero-order valence-electron chi connectivity index (χ0n) is 12.1. The SMILES string of the molecule is C(=C(c1ccsc1)c1cccs1)=C(c1cccs1)c1cccs1. The van der Waals surface area contributed by atoms with E-state index in [0.717, 1.165) is 0 Å². The Bertz CT molecular complexity index is 767. The van der Waals surface area contributed by atoms with Crippen molar-refractivity contribution in [2.75, 3.05) is 0 Å². The van der Waals surface area contributed by atoms with Crippen molar-refractivity contribution < 1.29 is 0 Å². The van der Waals surface area contributed by atoms with Crippen LogP contribution in [0, 0.1) is 0 Å². The van der Waals surface area contributed by atoms with Crippen molar-refractivity contribution in [3.05, 3.63) is 95.3 Å². The third-order valence-electron chi connectivity index (χ3n) is 3.36. The van der Waals surface area contributed by atoms with Crippen molar-refractivity contribution in [3.63, 3.8) is 0 Å². The van der Waals surface area contributed by atoms with Crippen LogP contribution >= 0.6 is 45.3 Å². The first-order chi connectivity index (χ1) is 11.4. The minimum Gasteiger partial charge on any atom is -0.152 e. The molecule has 0 unspecified atom stereocenters. The first-order valence-corrected chi connectivity index (χ1v) is 10.6. The monoisotopic (exact) mass is 368 g/mol. The fraction of sp³-hybridized carbons (Fsp3) is 0. The summed E-state index contributed by atoms with van der Waals surface area (Å²) in [5, 5.41) is 10.7. The van der Waals surface area contributed by atoms with Crippen LogP contribution in [-0.4, -0.2) is 0 Å². The fourth-order valence-electron chi connectivity index (χ4n) is 2.31. The molecule has 0 saturated heterocycles. The summed E-state index contributed by atoms with van der Waals surface area (Å²) in [7, 11) is 0. The Morgan fingerprint density at radius 2 is 1.22 bits per heavy atom. The summed E-state index contributed by atoms with van der Waals surface area (Å²) in [6.45, 7) is 0. The molecular weight excluding hydrogens is 356 g/mol. The van der Waals surface area contributed by atoms with Crippen LogP contribution in [0.3, 0.4) is 0 Å². The molecule has 0 fully saturated rings. The van der Waals surface area contributed by atoms with Crippen LogP contribution < -0.4 is 0 Å². The highest BCUT2D eigenvalue weighted by molar-refractivity contribution is 7.14. The first kappa shape index (κ1) is 14.9. The molecule has 0 radical (unpaired) electrons. The van der Waals surface area contributed by atoms with Gasteiger partial charge in [-0.05, 0) is 51.2 Å². The molecule has 4 heterocycles. The van der Waals surface area contributed by atoms with Crippen LogP contribution in [-0.2, 0) is 0 Å². The maximum absolute atomic E-state index is 3.73. The molecule has 4 rings (SSSR count). The zero-order valence-corrected chi connectivity index (χ0v) is 15.3. The number of rotatable bonds is 4. The van der Waals surface area contributed by atoms with E-state index in [2.05, 4.69) is 75.1 Å². The third-order valence-corrected chi connectivity index (χ3v) is 6.71. The van der Waals surface area contributed by atoms with Crippen LogP contribution in [0.5, 0.6) is 0 Å². The first-order valence-electron chi connectivity index (χ1n) is 7.07. The number of hydrogen-bond acceptors (Lipinski definition) is 4. The minimum atomic E-state index is 1.18. The second kappa shape index (κ2) is 6.83. The van der Waals surface area contributed by atoms with E-state index in [-0.39, 0.29) is 0 Å². The standard InChI is InChI=1S/C19H12S4/c1-4-17(21-8-1)15(14-7-11-20-13-14)12-16(18-5-2-9-22-18)19-6-3-10-23-19/h1-11,13H. The van der Waals surface area contributed by atoms with E-state index in [4.69, 9.17) is 0 Å². The van der Waals surface area contributed by atoms with Gasteiger partial charge in [-0.15, -0.1) is 34.0 Å². The molecule has 4 heteroatoms. The Kier molecular flexibility index (Phi) is 4.42. The summed E-state index contributed by atoms with van der Waals surface area (Å²) in [6.07, 6.45) is 0. The van der Waals surface area contributed by atoms with Crippen molar-refractivity contribution in [1.82, 2.24) is 0 Å². The summed E-state index contributed by atoms with van der Waals surface area (Å²) < 4.78 is 0. The lowest BCUT2D eigenvalue weighted by Gasteiger charge is -2.03. The molecule has 0 aliphatic heterocycles. The van der Waals surface area contributed by atoms with Gasteiger partial charge in [-0.3, -0.25) is 0 Å². The molecule has 0 atom stereocenters. The number of thiophene rings is 4. The molecule has 23 heavy (non-hydrogen) atoms. The fourth-order valence-corrected chi connectivity index (χ4v) is 5.25. The summed E-state index contributed by atoms with van der Waals surface area (Å²) in [4.78, 5) is 3.78. The summed E-state index contributed by atoms with van der Waals surface area (Å²) >= 11 is 7.02. The Labute approximate surface area is 151 Å². The van der Waals surface area contributed by atoms with Crippen molar-refractivity contribution in [1.29, 1.82) is 0 Å². The van der Waals surface area contributed by atoms with Crippen LogP contribution in [0.2, 0.25) is 0 Å². The molecule has 112 valence electrons. The largest absolute Gasteiger partial charge is 0.152 e. The van der Waals surface area contributed by atoms with Gasteiger partial charge in [-0.1, -0.05) is 23.9 Å². The van der Waals surface area contributed by atoms with E-state index in [1.54, 1.807) is 45.3 Å². The molecule has 0 nitrogen and oxygen atoms in total. The third kappa shape index (κ3) is 3.18. The van der Waals surface area contributed by atoms with Gasteiger partial charge in [0.1, 0.15) is 0 Å². The highest BCUT2D eigenvalue weighted by Crippen LogP contribution is 2.34. The van der Waals surface area contributed by atoms with Crippen LogP contribution in [0.25, 0.3) is 11.1 Å². The Balaban J connectivity index is 2.01. The average molecular weight is 369 g/mol. The second-order valence-corrected chi connectivity index (χ2v) is 8.44. The lowest BCUT2D eigenvalue weighted by Crippen LogP contribution is -1.83. The smallest absolute Gasteiger partial charge is 0.0516 e. The van der Waals surface area contributed by atoms with Gasteiger partial charge in [0.15, 0.2) is 0 Å². The van der Waals surface area contributed by atoms with E-state index >= 15 is 0 Å². The predicted octanol–water partition coefficient (Wildman–Crippen LogP) is 7.10. The van der Waals surface area contributed by atoms with Crippen molar-refractivity contribution in [2.45, 2.75) is 0 Å². The quantitative estimate of drug-likeness (QED) is 0.337. The molecule has 0 spiro atoms. The number of hydrogen-bond donors (Lipinski definition) is 0. The molecule has 0 aromatic carbocycles. The Morgan fingerprint density at radius 1 is 0.652 bits per heavy atom. The van der Waals surface area contributed by atoms with Crippen LogP contribution in [0.1, 0.15) is 20.2 Å². The molecule has 4 aromatic heterocycles. The lowest BCUT2D eigenvalue weighted by molar-refractivity contribution is 1.72. The van der Waals surface area contributed by atoms with Crippen LogP contribution in [0.4, 0.5) is 0 Å². The van der Waals surface area contributed by atoms with Gasteiger partial charge in [0.2, 0.25) is 0 Å². The summed E-state index contributed by atoms with van der Waals surface area (Å²) in [5.41, 5.74) is 7.34. The van der Waals surface area contributed by atoms with Crippen LogP contribution in [0.15, 0.2) is 75.1 Å². The van der Waals surface area contributed by atoms with E-state index in [0.29, 0.717) is 0 Å². The molecule has 0 bridgehead atoms. The highest BCUT2D eigenvalue weighted by atomic mass is 32.1. The van der Waals surface area contributed by atoms with E-state index < -0.39 is 0 Å². The molecule has 0 aliphatic carbocycles. The second-order valence-electron chi connectivity index (χ2n) is 4.82. The van der Waals surface area contributed by atoms with Gasteiger partial charge < -0.3 is 0 Å². The highest BCUT2D eigenvalue weighted by Gasteiger charge is 2.11. The molecule has 0 N–H and O–H groups in total. The Morgan fingerprint density at radius 3 is 1.65 bits per heavy atom. The van der Waals surface area contributed by atoms with Gasteiger partial charge in [-0.25, -0.2) is 0 Å². The van der Waals surface area contributed by atoms with E-state index in [9.17, 15) is 0 Å². The van der Waals surface area contributed by atoms with Crippen molar-refractivity contribution in [2.24, 2.45) is 0 Å². The molecule has 0 saturated carbocycles. The van der Waals surface area contributed by atoms with Gasteiger partial charge in [-0.2, -0.15) is 11.3 Å².